The predicted octanol–water partition coefficient (Wildman–Crippen LogP) is 1.71. The summed E-state index contributed by atoms with van der Waals surface area (Å²) in [6.07, 6.45) is 2.29. The fourth-order valence-electron chi connectivity index (χ4n) is 2.50. The van der Waals surface area contributed by atoms with Crippen molar-refractivity contribution in [2.75, 3.05) is 13.2 Å². The minimum Gasteiger partial charge on any atom is -0.377 e. The number of hydrogen-bond acceptors (Lipinski definition) is 3. The van der Waals surface area contributed by atoms with Gasteiger partial charge in [-0.2, -0.15) is 0 Å². The number of rotatable bonds is 7. The lowest BCUT2D eigenvalue weighted by Gasteiger charge is -2.46. The van der Waals surface area contributed by atoms with Gasteiger partial charge < -0.3 is 15.0 Å². The van der Waals surface area contributed by atoms with Crippen molar-refractivity contribution in [3.05, 3.63) is 0 Å². The number of nitrogens with one attached hydrogen (secondary N) is 1. The van der Waals surface area contributed by atoms with Crippen LogP contribution in [0.4, 0.5) is 0 Å². The molecule has 1 saturated heterocycles. The molecule has 5 nitrogen and oxygen atoms in total. The van der Waals surface area contributed by atoms with Crippen LogP contribution in [0.2, 0.25) is 0 Å². The molecule has 1 aliphatic heterocycles. The molecule has 1 fully saturated rings. The van der Waals surface area contributed by atoms with Gasteiger partial charge in [0.05, 0.1) is 12.7 Å². The Hall–Kier alpha value is -1.10. The monoisotopic (exact) mass is 284 g/mol. The molecule has 0 aromatic rings. The predicted molar refractivity (Wildman–Crippen MR) is 78.3 cm³/mol. The molecule has 0 radical (unpaired) electrons. The maximum absolute atomic E-state index is 12.6. The second kappa shape index (κ2) is 7.07. The first-order valence-corrected chi connectivity index (χ1v) is 7.60. The summed E-state index contributed by atoms with van der Waals surface area (Å²) in [4.78, 5) is 26.6. The number of hydrogen-bond donors (Lipinski definition) is 1. The van der Waals surface area contributed by atoms with E-state index in [-0.39, 0.29) is 24.0 Å². The molecule has 1 aliphatic rings. The minimum atomic E-state index is -0.762. The smallest absolute Gasteiger partial charge is 0.246 e. The summed E-state index contributed by atoms with van der Waals surface area (Å²) in [7, 11) is 0. The average molecular weight is 284 g/mol. The van der Waals surface area contributed by atoms with Gasteiger partial charge in [-0.15, -0.1) is 0 Å². The van der Waals surface area contributed by atoms with E-state index in [0.717, 1.165) is 6.42 Å². The van der Waals surface area contributed by atoms with Crippen LogP contribution in [0.5, 0.6) is 0 Å². The third kappa shape index (κ3) is 3.51. The van der Waals surface area contributed by atoms with Gasteiger partial charge in [-0.25, -0.2) is 0 Å². The van der Waals surface area contributed by atoms with E-state index in [1.807, 2.05) is 34.6 Å². The highest BCUT2D eigenvalue weighted by atomic mass is 16.5. The topological polar surface area (TPSA) is 58.6 Å². The van der Waals surface area contributed by atoms with Gasteiger partial charge in [0.1, 0.15) is 11.6 Å². The highest BCUT2D eigenvalue weighted by molar-refractivity contribution is 5.99. The first kappa shape index (κ1) is 17.0. The molecule has 0 saturated carbocycles. The Bertz CT molecular complexity index is 357. The van der Waals surface area contributed by atoms with Gasteiger partial charge in [0.2, 0.25) is 11.8 Å². The van der Waals surface area contributed by atoms with E-state index in [4.69, 9.17) is 4.74 Å². The molecule has 5 heteroatoms. The summed E-state index contributed by atoms with van der Waals surface area (Å²) in [5.74, 6) is -0.0363. The fraction of sp³-hybridized carbons (Fsp3) is 0.867. The van der Waals surface area contributed by atoms with Gasteiger partial charge in [-0.1, -0.05) is 20.3 Å². The Kier molecular flexibility index (Phi) is 5.99. The van der Waals surface area contributed by atoms with E-state index in [0.29, 0.717) is 26.0 Å². The molecule has 0 aromatic carbocycles. The molecule has 1 N–H and O–H groups in total. The molecule has 116 valence electrons. The van der Waals surface area contributed by atoms with Crippen LogP contribution >= 0.6 is 0 Å². The normalized spacial score (nSPS) is 27.1. The standard InChI is InChI=1S/C15H28N2O3/c1-6-8-12-13(18)17(9-10-20-11(3)4)15(5,7-2)14(19)16-12/h11-12H,6-10H2,1-5H3,(H,16,19). The number of nitrogens with zero attached hydrogens (tertiary/aromatic N) is 1. The number of carbonyl (C=O) groups excluding carboxylic acids is 2. The molecular formula is C15H28N2O3. The number of carbonyl (C=O) groups is 2. The molecule has 0 aliphatic carbocycles. The third-order valence-electron chi connectivity index (χ3n) is 3.99. The summed E-state index contributed by atoms with van der Waals surface area (Å²) in [5.41, 5.74) is -0.762. The average Bonchev–Trinajstić information content (AvgIpc) is 2.39. The molecular weight excluding hydrogens is 256 g/mol. The summed E-state index contributed by atoms with van der Waals surface area (Å²) in [6, 6.07) is -0.383. The van der Waals surface area contributed by atoms with Crippen LogP contribution in [0, 0.1) is 0 Å². The zero-order valence-corrected chi connectivity index (χ0v) is 13.4. The van der Waals surface area contributed by atoms with Gasteiger partial charge in [-0.3, -0.25) is 9.59 Å². The van der Waals surface area contributed by atoms with Crippen molar-refractivity contribution in [2.45, 2.75) is 71.6 Å². The highest BCUT2D eigenvalue weighted by Crippen LogP contribution is 2.26. The quantitative estimate of drug-likeness (QED) is 0.774. The first-order valence-electron chi connectivity index (χ1n) is 7.60. The maximum Gasteiger partial charge on any atom is 0.246 e. The molecule has 2 amide bonds. The van der Waals surface area contributed by atoms with E-state index in [1.165, 1.54) is 0 Å². The van der Waals surface area contributed by atoms with E-state index in [9.17, 15) is 9.59 Å². The van der Waals surface area contributed by atoms with Crippen molar-refractivity contribution < 1.29 is 14.3 Å². The Morgan fingerprint density at radius 1 is 1.35 bits per heavy atom. The minimum absolute atomic E-state index is 0.0168. The lowest BCUT2D eigenvalue weighted by atomic mass is 9.89. The Morgan fingerprint density at radius 3 is 2.50 bits per heavy atom. The summed E-state index contributed by atoms with van der Waals surface area (Å²) in [5, 5.41) is 2.87. The van der Waals surface area contributed by atoms with Gasteiger partial charge in [0, 0.05) is 6.54 Å². The van der Waals surface area contributed by atoms with E-state index in [1.54, 1.807) is 4.90 Å². The molecule has 0 bridgehead atoms. The van der Waals surface area contributed by atoms with Gasteiger partial charge in [0.15, 0.2) is 0 Å². The van der Waals surface area contributed by atoms with Crippen molar-refractivity contribution in [3.63, 3.8) is 0 Å². The second-order valence-electron chi connectivity index (χ2n) is 5.85. The maximum atomic E-state index is 12.6. The zero-order valence-electron chi connectivity index (χ0n) is 13.4. The molecule has 0 spiro atoms. The Balaban J connectivity index is 2.85. The molecule has 2 unspecified atom stereocenters. The molecule has 0 aromatic heterocycles. The number of ether oxygens (including phenoxy) is 1. The zero-order chi connectivity index (χ0) is 15.3. The van der Waals surface area contributed by atoms with Crippen LogP contribution in [0.1, 0.15) is 53.9 Å². The van der Waals surface area contributed by atoms with Crippen molar-refractivity contribution in [1.82, 2.24) is 10.2 Å². The molecule has 1 rings (SSSR count). The van der Waals surface area contributed by atoms with Crippen molar-refractivity contribution in [2.24, 2.45) is 0 Å². The second-order valence-corrected chi connectivity index (χ2v) is 5.85. The van der Waals surface area contributed by atoms with E-state index in [2.05, 4.69) is 5.32 Å². The van der Waals surface area contributed by atoms with Crippen LogP contribution < -0.4 is 5.32 Å². The van der Waals surface area contributed by atoms with Crippen LogP contribution in [-0.4, -0.2) is 47.6 Å². The largest absolute Gasteiger partial charge is 0.377 e. The number of amides is 2. The third-order valence-corrected chi connectivity index (χ3v) is 3.99. The van der Waals surface area contributed by atoms with Crippen molar-refractivity contribution in [1.29, 1.82) is 0 Å². The van der Waals surface area contributed by atoms with Crippen molar-refractivity contribution in [3.8, 4) is 0 Å². The SMILES string of the molecule is CCCC1NC(=O)C(C)(CC)N(CCOC(C)C)C1=O. The summed E-state index contributed by atoms with van der Waals surface area (Å²) >= 11 is 0. The molecule has 1 heterocycles. The summed E-state index contributed by atoms with van der Waals surface area (Å²) < 4.78 is 5.54. The van der Waals surface area contributed by atoms with Crippen LogP contribution in [-0.2, 0) is 14.3 Å². The highest BCUT2D eigenvalue weighted by Gasteiger charge is 2.47. The van der Waals surface area contributed by atoms with Crippen LogP contribution in [0.25, 0.3) is 0 Å². The van der Waals surface area contributed by atoms with Crippen molar-refractivity contribution >= 4 is 11.8 Å². The number of piperazine rings is 1. The first-order chi connectivity index (χ1) is 9.36. The lowest BCUT2D eigenvalue weighted by molar-refractivity contribution is -0.158. The van der Waals surface area contributed by atoms with Gasteiger partial charge in [0.25, 0.3) is 0 Å². The Morgan fingerprint density at radius 2 is 2.00 bits per heavy atom. The summed E-state index contributed by atoms with van der Waals surface area (Å²) in [6.45, 7) is 10.6. The Labute approximate surface area is 122 Å². The van der Waals surface area contributed by atoms with Crippen LogP contribution in [0.3, 0.4) is 0 Å². The molecule has 20 heavy (non-hydrogen) atoms. The van der Waals surface area contributed by atoms with Gasteiger partial charge >= 0.3 is 0 Å². The lowest BCUT2D eigenvalue weighted by Crippen LogP contribution is -2.69. The van der Waals surface area contributed by atoms with E-state index < -0.39 is 5.54 Å². The fourth-order valence-corrected chi connectivity index (χ4v) is 2.50. The molecule has 2 atom stereocenters. The van der Waals surface area contributed by atoms with Gasteiger partial charge in [-0.05, 0) is 33.6 Å². The van der Waals surface area contributed by atoms with Crippen LogP contribution in [0.15, 0.2) is 0 Å². The van der Waals surface area contributed by atoms with E-state index >= 15 is 0 Å².